The molecule has 1 saturated heterocycles. The molecule has 7 heteroatoms. The highest BCUT2D eigenvalue weighted by atomic mass is 16.6. The molecule has 0 saturated carbocycles. The number of anilines is 1. The van der Waals surface area contributed by atoms with Crippen molar-refractivity contribution >= 4 is 11.5 Å². The maximum absolute atomic E-state index is 10.9. The van der Waals surface area contributed by atoms with E-state index >= 15 is 0 Å². The summed E-state index contributed by atoms with van der Waals surface area (Å²) in [6.07, 6.45) is 1.53. The molecule has 0 amide bonds. The van der Waals surface area contributed by atoms with Crippen LogP contribution >= 0.6 is 0 Å². The Kier molecular flexibility index (Phi) is 4.86. The third-order valence-corrected chi connectivity index (χ3v) is 3.30. The predicted octanol–water partition coefficient (Wildman–Crippen LogP) is 1.43. The highest BCUT2D eigenvalue weighted by Crippen LogP contribution is 2.20. The van der Waals surface area contributed by atoms with Crippen LogP contribution in [0.4, 0.5) is 11.5 Å². The summed E-state index contributed by atoms with van der Waals surface area (Å²) in [6.45, 7) is 7.98. The molecule has 7 nitrogen and oxygen atoms in total. The molecular weight excluding hydrogens is 260 g/mol. The Balaban J connectivity index is 1.95. The van der Waals surface area contributed by atoms with E-state index in [-0.39, 0.29) is 16.7 Å². The number of ether oxygens (including phenoxy) is 1. The molecule has 2 rings (SSSR count). The summed E-state index contributed by atoms with van der Waals surface area (Å²) >= 11 is 0. The van der Waals surface area contributed by atoms with Gasteiger partial charge in [-0.25, -0.2) is 4.98 Å². The lowest BCUT2D eigenvalue weighted by molar-refractivity contribution is -0.385. The first kappa shape index (κ1) is 14.7. The minimum atomic E-state index is -0.380. The molecule has 1 aliphatic rings. The summed E-state index contributed by atoms with van der Waals surface area (Å²) in [5, 5.41) is 14.1. The Hall–Kier alpha value is -1.73. The number of aromatic nitrogens is 1. The molecule has 0 spiro atoms. The largest absolute Gasteiger partial charge is 0.379 e. The zero-order valence-corrected chi connectivity index (χ0v) is 11.8. The second kappa shape index (κ2) is 6.62. The summed E-state index contributed by atoms with van der Waals surface area (Å²) in [5.41, 5.74) is 0.669. The summed E-state index contributed by atoms with van der Waals surface area (Å²) in [6, 6.07) is 1.66. The van der Waals surface area contributed by atoms with Crippen molar-refractivity contribution in [2.75, 3.05) is 38.2 Å². The van der Waals surface area contributed by atoms with Gasteiger partial charge in [0.2, 0.25) is 0 Å². The second-order valence-corrected chi connectivity index (χ2v) is 5.07. The van der Waals surface area contributed by atoms with E-state index < -0.39 is 0 Å². The van der Waals surface area contributed by atoms with E-state index in [0.29, 0.717) is 11.4 Å². The number of aryl methyl sites for hydroxylation is 1. The molecule has 0 aliphatic carbocycles. The molecule has 1 unspecified atom stereocenters. The lowest BCUT2D eigenvalue weighted by atomic mass is 10.2. The SMILES string of the molecule is Cc1cnc(NC(C)CN2CCOCC2)cc1[N+](=O)[O-]. The van der Waals surface area contributed by atoms with Gasteiger partial charge in [0.1, 0.15) is 5.82 Å². The van der Waals surface area contributed by atoms with E-state index in [1.165, 1.54) is 12.3 Å². The van der Waals surface area contributed by atoms with Crippen LogP contribution in [0.1, 0.15) is 12.5 Å². The van der Waals surface area contributed by atoms with E-state index in [1.807, 2.05) is 6.92 Å². The highest BCUT2D eigenvalue weighted by molar-refractivity contribution is 5.49. The van der Waals surface area contributed by atoms with E-state index in [1.54, 1.807) is 6.92 Å². The summed E-state index contributed by atoms with van der Waals surface area (Å²) < 4.78 is 5.31. The van der Waals surface area contributed by atoms with Crippen LogP contribution < -0.4 is 5.32 Å². The van der Waals surface area contributed by atoms with Crippen LogP contribution in [0.2, 0.25) is 0 Å². The number of hydrogen-bond acceptors (Lipinski definition) is 6. The third-order valence-electron chi connectivity index (χ3n) is 3.30. The van der Waals surface area contributed by atoms with Crippen LogP contribution in [0.15, 0.2) is 12.3 Å². The average molecular weight is 280 g/mol. The smallest absolute Gasteiger partial charge is 0.277 e. The predicted molar refractivity (Wildman–Crippen MR) is 76.0 cm³/mol. The third kappa shape index (κ3) is 3.88. The second-order valence-electron chi connectivity index (χ2n) is 5.07. The normalized spacial score (nSPS) is 17.7. The zero-order chi connectivity index (χ0) is 14.5. The molecule has 0 aromatic carbocycles. The van der Waals surface area contributed by atoms with Gasteiger partial charge >= 0.3 is 0 Å². The Bertz CT molecular complexity index is 475. The Labute approximate surface area is 118 Å². The number of nitrogens with zero attached hydrogens (tertiary/aromatic N) is 3. The van der Waals surface area contributed by atoms with Crippen molar-refractivity contribution < 1.29 is 9.66 Å². The van der Waals surface area contributed by atoms with Gasteiger partial charge in [-0.1, -0.05) is 0 Å². The minimum absolute atomic E-state index is 0.0982. The molecule has 110 valence electrons. The van der Waals surface area contributed by atoms with Gasteiger partial charge in [0.25, 0.3) is 5.69 Å². The Morgan fingerprint density at radius 3 is 2.90 bits per heavy atom. The van der Waals surface area contributed by atoms with Crippen LogP contribution in [0, 0.1) is 17.0 Å². The quantitative estimate of drug-likeness (QED) is 0.649. The van der Waals surface area contributed by atoms with E-state index in [4.69, 9.17) is 4.74 Å². The van der Waals surface area contributed by atoms with Gasteiger partial charge in [0.05, 0.1) is 24.2 Å². The van der Waals surface area contributed by atoms with Gasteiger partial charge in [-0.3, -0.25) is 15.0 Å². The van der Waals surface area contributed by atoms with Crippen LogP contribution in [0.5, 0.6) is 0 Å². The van der Waals surface area contributed by atoms with Gasteiger partial charge in [-0.2, -0.15) is 0 Å². The number of hydrogen-bond donors (Lipinski definition) is 1. The maximum atomic E-state index is 10.9. The average Bonchev–Trinajstić information content (AvgIpc) is 2.41. The first-order chi connectivity index (χ1) is 9.56. The standard InChI is InChI=1S/C13H20N4O3/c1-10-8-14-13(7-12(10)17(18)19)15-11(2)9-16-3-5-20-6-4-16/h7-8,11H,3-6,9H2,1-2H3,(H,14,15). The lowest BCUT2D eigenvalue weighted by Gasteiger charge is -2.29. The first-order valence-corrected chi connectivity index (χ1v) is 6.74. The van der Waals surface area contributed by atoms with Crippen molar-refractivity contribution in [3.8, 4) is 0 Å². The van der Waals surface area contributed by atoms with Crippen LogP contribution in [-0.4, -0.2) is 53.7 Å². The van der Waals surface area contributed by atoms with Crippen molar-refractivity contribution in [2.45, 2.75) is 19.9 Å². The Morgan fingerprint density at radius 1 is 1.55 bits per heavy atom. The molecule has 1 aliphatic heterocycles. The fraction of sp³-hybridized carbons (Fsp3) is 0.615. The molecule has 0 radical (unpaired) electrons. The summed E-state index contributed by atoms with van der Waals surface area (Å²) in [5.74, 6) is 0.544. The minimum Gasteiger partial charge on any atom is -0.379 e. The number of pyridine rings is 1. The van der Waals surface area contributed by atoms with E-state index in [2.05, 4.69) is 15.2 Å². The number of rotatable bonds is 5. The maximum Gasteiger partial charge on any atom is 0.277 e. The van der Waals surface area contributed by atoms with Gasteiger partial charge in [0.15, 0.2) is 0 Å². The van der Waals surface area contributed by atoms with Crippen molar-refractivity contribution in [1.29, 1.82) is 0 Å². The topological polar surface area (TPSA) is 80.5 Å². The van der Waals surface area contributed by atoms with Crippen molar-refractivity contribution in [3.63, 3.8) is 0 Å². The Morgan fingerprint density at radius 2 is 2.25 bits per heavy atom. The first-order valence-electron chi connectivity index (χ1n) is 6.74. The lowest BCUT2D eigenvalue weighted by Crippen LogP contribution is -2.42. The van der Waals surface area contributed by atoms with E-state index in [9.17, 15) is 10.1 Å². The summed E-state index contributed by atoms with van der Waals surface area (Å²) in [7, 11) is 0. The zero-order valence-electron chi connectivity index (χ0n) is 11.8. The van der Waals surface area contributed by atoms with Gasteiger partial charge in [0, 0.05) is 37.4 Å². The highest BCUT2D eigenvalue weighted by Gasteiger charge is 2.16. The van der Waals surface area contributed by atoms with Gasteiger partial charge < -0.3 is 10.1 Å². The molecule has 1 aromatic heterocycles. The fourth-order valence-corrected chi connectivity index (χ4v) is 2.26. The van der Waals surface area contributed by atoms with Crippen molar-refractivity contribution in [1.82, 2.24) is 9.88 Å². The van der Waals surface area contributed by atoms with Crippen LogP contribution in [0.25, 0.3) is 0 Å². The van der Waals surface area contributed by atoms with Crippen molar-refractivity contribution in [2.24, 2.45) is 0 Å². The summed E-state index contributed by atoms with van der Waals surface area (Å²) in [4.78, 5) is 17.0. The van der Waals surface area contributed by atoms with E-state index in [0.717, 1.165) is 32.8 Å². The molecule has 1 N–H and O–H groups in total. The number of morpholine rings is 1. The fourth-order valence-electron chi connectivity index (χ4n) is 2.26. The van der Waals surface area contributed by atoms with Crippen LogP contribution in [0.3, 0.4) is 0 Å². The van der Waals surface area contributed by atoms with Gasteiger partial charge in [-0.15, -0.1) is 0 Å². The molecule has 2 heterocycles. The van der Waals surface area contributed by atoms with Crippen LogP contribution in [-0.2, 0) is 4.74 Å². The van der Waals surface area contributed by atoms with Crippen molar-refractivity contribution in [3.05, 3.63) is 27.9 Å². The monoisotopic (exact) mass is 280 g/mol. The molecule has 20 heavy (non-hydrogen) atoms. The molecule has 1 fully saturated rings. The van der Waals surface area contributed by atoms with Gasteiger partial charge in [-0.05, 0) is 13.8 Å². The molecule has 0 bridgehead atoms. The molecule has 1 aromatic rings. The molecule has 1 atom stereocenters. The molecular formula is C13H20N4O3. The number of nitro groups is 1. The number of nitrogens with one attached hydrogen (secondary N) is 1.